The van der Waals surface area contributed by atoms with Crippen LogP contribution in [0.4, 0.5) is 0 Å². The lowest BCUT2D eigenvalue weighted by molar-refractivity contribution is 0.00578. The first-order valence-corrected chi connectivity index (χ1v) is 9.64. The zero-order valence-corrected chi connectivity index (χ0v) is 17.0. The fourth-order valence-electron chi connectivity index (χ4n) is 1.98. The van der Waals surface area contributed by atoms with Crippen molar-refractivity contribution in [3.05, 3.63) is 9.05 Å². The Kier molecular flexibility index (Phi) is 7.15. The van der Waals surface area contributed by atoms with Crippen molar-refractivity contribution in [2.75, 3.05) is 4.43 Å². The molecule has 0 aromatic carbocycles. The van der Waals surface area contributed by atoms with Crippen molar-refractivity contribution >= 4 is 52.3 Å². The molecule has 19 heavy (non-hydrogen) atoms. The van der Waals surface area contributed by atoms with Gasteiger partial charge in [0.25, 0.3) is 0 Å². The third-order valence-corrected chi connectivity index (χ3v) is 5.84. The van der Waals surface area contributed by atoms with E-state index in [0.717, 1.165) is 10.8 Å². The molecule has 0 aromatic heterocycles. The Bertz CT molecular complexity index is 324. The van der Waals surface area contributed by atoms with Crippen LogP contribution in [0, 0.1) is 0 Å². The Morgan fingerprint density at radius 3 is 2.00 bits per heavy atom. The van der Waals surface area contributed by atoms with Crippen molar-refractivity contribution in [1.29, 1.82) is 0 Å². The van der Waals surface area contributed by atoms with Gasteiger partial charge in [0.1, 0.15) is 0 Å². The first-order chi connectivity index (χ1) is 8.75. The van der Waals surface area contributed by atoms with Crippen LogP contribution in [0.5, 0.6) is 0 Å². The lowest BCUT2D eigenvalue weighted by Crippen LogP contribution is -2.41. The Morgan fingerprint density at radius 1 is 1.05 bits per heavy atom. The van der Waals surface area contributed by atoms with Crippen LogP contribution < -0.4 is 0 Å². The molecule has 0 bridgehead atoms. The van der Waals surface area contributed by atoms with E-state index in [0.29, 0.717) is 0 Å². The van der Waals surface area contributed by atoms with Crippen LogP contribution in [-0.4, -0.2) is 22.7 Å². The van der Waals surface area contributed by atoms with Gasteiger partial charge in [-0.1, -0.05) is 64.1 Å². The summed E-state index contributed by atoms with van der Waals surface area (Å²) in [4.78, 5) is 0. The van der Waals surface area contributed by atoms with E-state index in [1.165, 1.54) is 28.3 Å². The Hall–Kier alpha value is 1.18. The topological polar surface area (TPSA) is 18.5 Å². The molecule has 1 aliphatic heterocycles. The van der Waals surface area contributed by atoms with Crippen LogP contribution >= 0.6 is 45.2 Å². The quantitative estimate of drug-likeness (QED) is 0.285. The fourth-order valence-corrected chi connectivity index (χ4v) is 3.43. The monoisotopic (exact) mass is 490 g/mol. The van der Waals surface area contributed by atoms with Crippen LogP contribution in [0.3, 0.4) is 0 Å². The summed E-state index contributed by atoms with van der Waals surface area (Å²) in [5.74, 6) is 0. The highest BCUT2D eigenvalue weighted by Crippen LogP contribution is 2.41. The van der Waals surface area contributed by atoms with Gasteiger partial charge in [-0.2, -0.15) is 0 Å². The number of hydrogen-bond donors (Lipinski definition) is 0. The summed E-state index contributed by atoms with van der Waals surface area (Å²) in [7, 11) is -0.180. The summed E-state index contributed by atoms with van der Waals surface area (Å²) < 4.78 is 14.7. The van der Waals surface area contributed by atoms with Gasteiger partial charge in [-0.25, -0.2) is 0 Å². The van der Waals surface area contributed by atoms with E-state index < -0.39 is 0 Å². The summed E-state index contributed by atoms with van der Waals surface area (Å²) in [6.07, 6.45) is 4.79. The lowest BCUT2D eigenvalue weighted by Gasteiger charge is -2.32. The van der Waals surface area contributed by atoms with Gasteiger partial charge in [0.2, 0.25) is 0 Å². The van der Waals surface area contributed by atoms with Crippen molar-refractivity contribution in [2.24, 2.45) is 0 Å². The predicted octanol–water partition coefficient (Wildman–Crippen LogP) is 5.32. The van der Waals surface area contributed by atoms with Crippen LogP contribution in [-0.2, 0) is 9.31 Å². The molecule has 5 heteroatoms. The summed E-state index contributed by atoms with van der Waals surface area (Å²) in [6, 6.07) is 0. The van der Waals surface area contributed by atoms with E-state index in [-0.39, 0.29) is 18.3 Å². The van der Waals surface area contributed by atoms with Crippen molar-refractivity contribution in [3.8, 4) is 0 Å². The van der Waals surface area contributed by atoms with E-state index in [1.54, 1.807) is 0 Å². The van der Waals surface area contributed by atoms with Gasteiger partial charge < -0.3 is 9.31 Å². The molecule has 1 rings (SSSR count). The minimum atomic E-state index is -0.242. The summed E-state index contributed by atoms with van der Waals surface area (Å²) in [6.45, 7) is 10.7. The Balaban J connectivity index is 2.87. The average Bonchev–Trinajstić information content (AvgIpc) is 2.53. The van der Waals surface area contributed by atoms with Gasteiger partial charge in [-0.15, -0.1) is 0 Å². The summed E-state index contributed by atoms with van der Waals surface area (Å²) in [5.41, 5.74) is 1.03. The van der Waals surface area contributed by atoms with E-state index in [2.05, 4.69) is 79.8 Å². The molecule has 0 spiro atoms. The van der Waals surface area contributed by atoms with E-state index in [1.807, 2.05) is 0 Å². The maximum atomic E-state index is 6.14. The molecule has 0 amide bonds. The van der Waals surface area contributed by atoms with Gasteiger partial charge >= 0.3 is 7.12 Å². The summed E-state index contributed by atoms with van der Waals surface area (Å²) in [5, 5.41) is 0. The van der Waals surface area contributed by atoms with Crippen LogP contribution in [0.1, 0.15) is 60.3 Å². The van der Waals surface area contributed by atoms with Gasteiger partial charge in [0, 0.05) is 7.91 Å². The maximum Gasteiger partial charge on any atom is 0.501 e. The van der Waals surface area contributed by atoms with Gasteiger partial charge in [-0.3, -0.25) is 0 Å². The largest absolute Gasteiger partial charge is 0.501 e. The molecule has 0 N–H and O–H groups in total. The number of alkyl halides is 1. The van der Waals surface area contributed by atoms with E-state index in [4.69, 9.17) is 9.31 Å². The number of hydrogen-bond acceptors (Lipinski definition) is 2. The Morgan fingerprint density at radius 2 is 1.58 bits per heavy atom. The highest BCUT2D eigenvalue weighted by Gasteiger charge is 2.52. The van der Waals surface area contributed by atoms with Crippen LogP contribution in [0.2, 0.25) is 0 Å². The zero-order chi connectivity index (χ0) is 14.7. The average molecular weight is 490 g/mol. The second kappa shape index (κ2) is 7.45. The third-order valence-electron chi connectivity index (χ3n) is 4.03. The van der Waals surface area contributed by atoms with Crippen LogP contribution in [0.25, 0.3) is 0 Å². The number of rotatable bonds is 6. The number of unbranched alkanes of at least 4 members (excludes halogenated alkanes) is 1. The molecule has 0 saturated carbocycles. The van der Waals surface area contributed by atoms with Crippen LogP contribution in [0.15, 0.2) is 9.05 Å². The molecule has 0 unspecified atom stereocenters. The standard InChI is InChI=1S/C14H25BI2O2/c1-6-7-8-11(9-10-16)12(17)15-18-13(2,3)14(4,5)19-15/h6-10H2,1-5H3/b12-11-. The third kappa shape index (κ3) is 4.58. The molecule has 0 aliphatic carbocycles. The molecule has 0 atom stereocenters. The van der Waals surface area contributed by atoms with E-state index in [9.17, 15) is 0 Å². The van der Waals surface area contributed by atoms with Crippen molar-refractivity contribution in [2.45, 2.75) is 71.5 Å². The molecule has 2 nitrogen and oxygen atoms in total. The highest BCUT2D eigenvalue weighted by molar-refractivity contribution is 14.1. The van der Waals surface area contributed by atoms with Gasteiger partial charge in [0.05, 0.1) is 11.2 Å². The SMILES string of the molecule is CCCC/C(CCI)=C(/I)B1OC(C)(C)C(C)(C)O1. The zero-order valence-electron chi connectivity index (χ0n) is 12.7. The molecular formula is C14H25BI2O2. The van der Waals surface area contributed by atoms with Crippen molar-refractivity contribution in [3.63, 3.8) is 0 Å². The molecule has 1 saturated heterocycles. The number of halogens is 2. The molecule has 1 aliphatic rings. The summed E-state index contributed by atoms with van der Waals surface area (Å²) >= 11 is 4.87. The predicted molar refractivity (Wildman–Crippen MR) is 100 cm³/mol. The first-order valence-electron chi connectivity index (χ1n) is 7.04. The molecule has 0 radical (unpaired) electrons. The first kappa shape index (κ1) is 18.2. The molecule has 1 heterocycles. The smallest absolute Gasteiger partial charge is 0.399 e. The van der Waals surface area contributed by atoms with Gasteiger partial charge in [-0.05, 0) is 47.0 Å². The molecule has 0 aromatic rings. The number of allylic oxidation sites excluding steroid dienone is 1. The maximum absolute atomic E-state index is 6.14. The molecule has 110 valence electrons. The van der Waals surface area contributed by atoms with Gasteiger partial charge in [0.15, 0.2) is 0 Å². The fraction of sp³-hybridized carbons (Fsp3) is 0.857. The van der Waals surface area contributed by atoms with E-state index >= 15 is 0 Å². The lowest BCUT2D eigenvalue weighted by atomic mass is 9.84. The second-order valence-corrected chi connectivity index (χ2v) is 8.32. The second-order valence-electron chi connectivity index (χ2n) is 6.08. The highest BCUT2D eigenvalue weighted by atomic mass is 127. The normalized spacial score (nSPS) is 22.6. The van der Waals surface area contributed by atoms with Crippen molar-refractivity contribution in [1.82, 2.24) is 0 Å². The van der Waals surface area contributed by atoms with Crippen molar-refractivity contribution < 1.29 is 9.31 Å². The molecule has 1 fully saturated rings. The minimum Gasteiger partial charge on any atom is -0.399 e. The molecular weight excluding hydrogens is 465 g/mol. The minimum absolute atomic E-state index is 0.180. The Labute approximate surface area is 145 Å².